The van der Waals surface area contributed by atoms with Crippen molar-refractivity contribution >= 4 is 46.1 Å². The van der Waals surface area contributed by atoms with Gasteiger partial charge in [0.1, 0.15) is 17.7 Å². The molecule has 0 aliphatic carbocycles. The second-order valence-corrected chi connectivity index (χ2v) is 7.55. The van der Waals surface area contributed by atoms with Crippen LogP contribution in [0.4, 0.5) is 5.69 Å². The number of carbonyl (C=O) groups is 1. The predicted octanol–water partition coefficient (Wildman–Crippen LogP) is 4.88. The summed E-state index contributed by atoms with van der Waals surface area (Å²) < 4.78 is 1.56. The van der Waals surface area contributed by atoms with Gasteiger partial charge in [0.2, 0.25) is 5.91 Å². The lowest BCUT2D eigenvalue weighted by Gasteiger charge is -2.11. The smallest absolute Gasteiger partial charge is 0.230 e. The van der Waals surface area contributed by atoms with E-state index in [9.17, 15) is 4.79 Å². The number of rotatable bonds is 5. The molecule has 0 fully saturated rings. The number of hydrogen-bond acceptors (Lipinski definition) is 5. The van der Waals surface area contributed by atoms with Gasteiger partial charge in [-0.1, -0.05) is 41.4 Å². The summed E-state index contributed by atoms with van der Waals surface area (Å²) in [5.74, 6) is -0.209. The molecule has 0 saturated carbocycles. The van der Waals surface area contributed by atoms with Crippen LogP contribution >= 0.6 is 34.5 Å². The van der Waals surface area contributed by atoms with Crippen molar-refractivity contribution in [2.45, 2.75) is 6.42 Å². The SMILES string of the molecule is O=C(Cc1csc(-c2ccccc2Cl)n1)Nc1cc(Cl)ccc1-n1cncn1. The molecule has 0 saturated heterocycles. The average Bonchev–Trinajstić information content (AvgIpc) is 3.34. The van der Waals surface area contributed by atoms with Crippen LogP contribution in [0, 0.1) is 0 Å². The van der Waals surface area contributed by atoms with Crippen molar-refractivity contribution in [3.63, 3.8) is 0 Å². The van der Waals surface area contributed by atoms with Gasteiger partial charge >= 0.3 is 0 Å². The molecular formula is C19H13Cl2N5OS. The molecule has 9 heteroatoms. The molecule has 0 unspecified atom stereocenters. The van der Waals surface area contributed by atoms with E-state index < -0.39 is 0 Å². The van der Waals surface area contributed by atoms with Gasteiger partial charge in [-0.3, -0.25) is 4.79 Å². The van der Waals surface area contributed by atoms with Crippen molar-refractivity contribution in [1.29, 1.82) is 0 Å². The predicted molar refractivity (Wildman–Crippen MR) is 111 cm³/mol. The fourth-order valence-corrected chi connectivity index (χ4v) is 3.96. The molecule has 0 bridgehead atoms. The molecule has 1 N–H and O–H groups in total. The Morgan fingerprint density at radius 3 is 2.82 bits per heavy atom. The van der Waals surface area contributed by atoms with Gasteiger partial charge in [0.25, 0.3) is 0 Å². The van der Waals surface area contributed by atoms with E-state index in [1.807, 2.05) is 29.6 Å². The van der Waals surface area contributed by atoms with Crippen LogP contribution in [0.15, 0.2) is 60.5 Å². The summed E-state index contributed by atoms with van der Waals surface area (Å²) in [6.45, 7) is 0. The number of aromatic nitrogens is 4. The number of carbonyl (C=O) groups excluding carboxylic acids is 1. The van der Waals surface area contributed by atoms with Gasteiger partial charge in [-0.2, -0.15) is 5.10 Å². The molecular weight excluding hydrogens is 417 g/mol. The van der Waals surface area contributed by atoms with E-state index in [1.54, 1.807) is 29.2 Å². The molecule has 2 heterocycles. The minimum absolute atomic E-state index is 0.129. The largest absolute Gasteiger partial charge is 0.324 e. The third kappa shape index (κ3) is 4.06. The van der Waals surface area contributed by atoms with E-state index in [-0.39, 0.29) is 12.3 Å². The number of thiazole rings is 1. The Morgan fingerprint density at radius 2 is 2.04 bits per heavy atom. The van der Waals surface area contributed by atoms with E-state index in [4.69, 9.17) is 23.2 Å². The maximum absolute atomic E-state index is 12.6. The zero-order valence-electron chi connectivity index (χ0n) is 14.3. The summed E-state index contributed by atoms with van der Waals surface area (Å²) in [5.41, 5.74) is 2.74. The Balaban J connectivity index is 1.52. The average molecular weight is 430 g/mol. The molecule has 1 amide bonds. The first-order chi connectivity index (χ1) is 13.6. The summed E-state index contributed by atoms with van der Waals surface area (Å²) in [5, 5.41) is 10.7. The molecule has 2 aromatic carbocycles. The zero-order chi connectivity index (χ0) is 19.5. The fourth-order valence-electron chi connectivity index (χ4n) is 2.65. The summed E-state index contributed by atoms with van der Waals surface area (Å²) >= 11 is 13.8. The number of anilines is 1. The molecule has 2 aromatic heterocycles. The molecule has 4 aromatic rings. The normalized spacial score (nSPS) is 10.8. The van der Waals surface area contributed by atoms with Crippen LogP contribution in [0.1, 0.15) is 5.69 Å². The van der Waals surface area contributed by atoms with Crippen molar-refractivity contribution in [2.75, 3.05) is 5.32 Å². The molecule has 0 aliphatic rings. The lowest BCUT2D eigenvalue weighted by molar-refractivity contribution is -0.115. The van der Waals surface area contributed by atoms with Crippen molar-refractivity contribution in [1.82, 2.24) is 19.7 Å². The number of hydrogen-bond donors (Lipinski definition) is 1. The Kier molecular flexibility index (Phi) is 5.38. The highest BCUT2D eigenvalue weighted by molar-refractivity contribution is 7.13. The van der Waals surface area contributed by atoms with Gasteiger partial charge in [-0.05, 0) is 24.3 Å². The molecule has 0 atom stereocenters. The van der Waals surface area contributed by atoms with Crippen molar-refractivity contribution in [3.05, 3.63) is 76.2 Å². The summed E-state index contributed by atoms with van der Waals surface area (Å²) in [4.78, 5) is 21.0. The lowest BCUT2D eigenvalue weighted by Crippen LogP contribution is -2.16. The van der Waals surface area contributed by atoms with Crippen LogP contribution < -0.4 is 5.32 Å². The zero-order valence-corrected chi connectivity index (χ0v) is 16.7. The molecule has 140 valence electrons. The Labute approximate surface area is 174 Å². The number of amides is 1. The highest BCUT2D eigenvalue weighted by atomic mass is 35.5. The van der Waals surface area contributed by atoms with Crippen LogP contribution in [0.25, 0.3) is 16.3 Å². The Bertz CT molecular complexity index is 1130. The molecule has 0 aliphatic heterocycles. The summed E-state index contributed by atoms with van der Waals surface area (Å²) in [7, 11) is 0. The van der Waals surface area contributed by atoms with E-state index in [0.29, 0.717) is 27.1 Å². The van der Waals surface area contributed by atoms with Gasteiger partial charge < -0.3 is 5.32 Å². The molecule has 0 spiro atoms. The van der Waals surface area contributed by atoms with Crippen LogP contribution in [0.3, 0.4) is 0 Å². The van der Waals surface area contributed by atoms with E-state index >= 15 is 0 Å². The van der Waals surface area contributed by atoms with Gasteiger partial charge in [0, 0.05) is 16.0 Å². The van der Waals surface area contributed by atoms with Crippen LogP contribution in [-0.2, 0) is 11.2 Å². The second kappa shape index (κ2) is 8.10. The minimum atomic E-state index is -0.209. The number of nitrogens with zero attached hydrogens (tertiary/aromatic N) is 4. The van der Waals surface area contributed by atoms with E-state index in [2.05, 4.69) is 20.4 Å². The summed E-state index contributed by atoms with van der Waals surface area (Å²) in [6, 6.07) is 12.7. The Morgan fingerprint density at radius 1 is 1.18 bits per heavy atom. The molecule has 6 nitrogen and oxygen atoms in total. The second-order valence-electron chi connectivity index (χ2n) is 5.85. The highest BCUT2D eigenvalue weighted by Crippen LogP contribution is 2.30. The topological polar surface area (TPSA) is 72.7 Å². The monoisotopic (exact) mass is 429 g/mol. The van der Waals surface area contributed by atoms with E-state index in [0.717, 1.165) is 10.6 Å². The lowest BCUT2D eigenvalue weighted by atomic mass is 10.2. The van der Waals surface area contributed by atoms with Crippen LogP contribution in [-0.4, -0.2) is 25.7 Å². The third-order valence-electron chi connectivity index (χ3n) is 3.90. The van der Waals surface area contributed by atoms with Crippen molar-refractivity contribution in [3.8, 4) is 16.3 Å². The number of halogens is 2. The first-order valence-corrected chi connectivity index (χ1v) is 9.87. The first kappa shape index (κ1) is 18.6. The van der Waals surface area contributed by atoms with Gasteiger partial charge in [-0.15, -0.1) is 11.3 Å². The first-order valence-electron chi connectivity index (χ1n) is 8.24. The molecule has 4 rings (SSSR count). The van der Waals surface area contributed by atoms with Gasteiger partial charge in [-0.25, -0.2) is 14.6 Å². The molecule has 28 heavy (non-hydrogen) atoms. The summed E-state index contributed by atoms with van der Waals surface area (Å²) in [6.07, 6.45) is 3.10. The van der Waals surface area contributed by atoms with Crippen molar-refractivity contribution in [2.24, 2.45) is 0 Å². The molecule has 0 radical (unpaired) electrons. The number of nitrogens with one attached hydrogen (secondary N) is 1. The maximum Gasteiger partial charge on any atom is 0.230 e. The minimum Gasteiger partial charge on any atom is -0.324 e. The number of benzene rings is 2. The van der Waals surface area contributed by atoms with Crippen LogP contribution in [0.5, 0.6) is 0 Å². The van der Waals surface area contributed by atoms with Gasteiger partial charge in [0.15, 0.2) is 0 Å². The van der Waals surface area contributed by atoms with E-state index in [1.165, 1.54) is 17.7 Å². The van der Waals surface area contributed by atoms with Crippen molar-refractivity contribution < 1.29 is 4.79 Å². The third-order valence-corrected chi connectivity index (χ3v) is 5.39. The van der Waals surface area contributed by atoms with Gasteiger partial charge in [0.05, 0.1) is 28.5 Å². The maximum atomic E-state index is 12.6. The fraction of sp³-hybridized carbons (Fsp3) is 0.0526. The quantitative estimate of drug-likeness (QED) is 0.490. The highest BCUT2D eigenvalue weighted by Gasteiger charge is 2.14. The van der Waals surface area contributed by atoms with Crippen LogP contribution in [0.2, 0.25) is 10.0 Å². The standard InChI is InChI=1S/C19H13Cl2N5OS/c20-12-5-6-17(26-11-22-10-23-26)16(7-12)25-18(27)8-13-9-28-19(24-13)14-3-1-2-4-15(14)21/h1-7,9-11H,8H2,(H,25,27). The Hall–Kier alpha value is -2.74.